The van der Waals surface area contributed by atoms with Crippen molar-refractivity contribution in [2.75, 3.05) is 23.9 Å². The molecule has 0 aliphatic heterocycles. The molecular formula is C13H16ClN3. The number of rotatable bonds is 4. The first kappa shape index (κ1) is 12.1. The molecule has 0 spiro atoms. The van der Waals surface area contributed by atoms with Crippen LogP contribution in [0.15, 0.2) is 24.3 Å². The minimum Gasteiger partial charge on any atom is -0.354 e. The molecule has 0 radical (unpaired) electrons. The Labute approximate surface area is 106 Å². The van der Waals surface area contributed by atoms with E-state index in [4.69, 9.17) is 11.6 Å². The van der Waals surface area contributed by atoms with Crippen molar-refractivity contribution < 1.29 is 0 Å². The van der Waals surface area contributed by atoms with Gasteiger partial charge in [0.15, 0.2) is 5.82 Å². The van der Waals surface area contributed by atoms with Crippen molar-refractivity contribution in [1.29, 1.82) is 0 Å². The SMILES string of the molecule is CCN(CCCl)c1nnc(C)c2ccccc12. The number of nitrogens with zero attached hydrogens (tertiary/aromatic N) is 3. The van der Waals surface area contributed by atoms with Gasteiger partial charge in [0, 0.05) is 29.7 Å². The highest BCUT2D eigenvalue weighted by Crippen LogP contribution is 2.25. The van der Waals surface area contributed by atoms with Gasteiger partial charge in [-0.3, -0.25) is 0 Å². The number of alkyl halides is 1. The van der Waals surface area contributed by atoms with Crippen molar-refractivity contribution in [3.63, 3.8) is 0 Å². The van der Waals surface area contributed by atoms with E-state index in [1.54, 1.807) is 0 Å². The van der Waals surface area contributed by atoms with Gasteiger partial charge in [-0.1, -0.05) is 24.3 Å². The Bertz CT molecular complexity index is 513. The number of hydrogen-bond acceptors (Lipinski definition) is 3. The second-order valence-electron chi connectivity index (χ2n) is 3.92. The van der Waals surface area contributed by atoms with E-state index in [0.717, 1.165) is 35.4 Å². The Morgan fingerprint density at radius 3 is 2.53 bits per heavy atom. The predicted octanol–water partition coefficient (Wildman–Crippen LogP) is 3.00. The van der Waals surface area contributed by atoms with E-state index in [0.29, 0.717) is 5.88 Å². The van der Waals surface area contributed by atoms with Crippen molar-refractivity contribution in [2.45, 2.75) is 13.8 Å². The third-order valence-electron chi connectivity index (χ3n) is 2.89. The normalized spacial score (nSPS) is 10.8. The Hall–Kier alpha value is -1.35. The summed E-state index contributed by atoms with van der Waals surface area (Å²) in [7, 11) is 0. The van der Waals surface area contributed by atoms with E-state index >= 15 is 0 Å². The van der Waals surface area contributed by atoms with Crippen LogP contribution in [0.3, 0.4) is 0 Å². The molecule has 3 nitrogen and oxygen atoms in total. The van der Waals surface area contributed by atoms with Gasteiger partial charge in [-0.05, 0) is 13.8 Å². The molecule has 1 aromatic heterocycles. The van der Waals surface area contributed by atoms with Gasteiger partial charge >= 0.3 is 0 Å². The molecule has 1 heterocycles. The van der Waals surface area contributed by atoms with Crippen LogP contribution in [-0.2, 0) is 0 Å². The van der Waals surface area contributed by atoms with E-state index in [9.17, 15) is 0 Å². The Morgan fingerprint density at radius 2 is 1.88 bits per heavy atom. The fraction of sp³-hybridized carbons (Fsp3) is 0.385. The zero-order valence-corrected chi connectivity index (χ0v) is 10.9. The minimum atomic E-state index is 0.595. The van der Waals surface area contributed by atoms with Crippen LogP contribution in [0.2, 0.25) is 0 Å². The summed E-state index contributed by atoms with van der Waals surface area (Å²) in [4.78, 5) is 2.15. The van der Waals surface area contributed by atoms with Gasteiger partial charge in [0.2, 0.25) is 0 Å². The molecular weight excluding hydrogens is 234 g/mol. The van der Waals surface area contributed by atoms with Crippen LogP contribution in [0.1, 0.15) is 12.6 Å². The lowest BCUT2D eigenvalue weighted by atomic mass is 10.1. The number of hydrogen-bond donors (Lipinski definition) is 0. The van der Waals surface area contributed by atoms with Gasteiger partial charge in [0.05, 0.1) is 5.69 Å². The molecule has 0 saturated heterocycles. The summed E-state index contributed by atoms with van der Waals surface area (Å²) in [5.74, 6) is 1.52. The van der Waals surface area contributed by atoms with E-state index in [1.165, 1.54) is 0 Å². The van der Waals surface area contributed by atoms with E-state index in [2.05, 4.69) is 34.2 Å². The molecule has 2 rings (SSSR count). The summed E-state index contributed by atoms with van der Waals surface area (Å²) < 4.78 is 0. The maximum absolute atomic E-state index is 5.82. The zero-order chi connectivity index (χ0) is 12.3. The van der Waals surface area contributed by atoms with Gasteiger partial charge in [0.25, 0.3) is 0 Å². The first-order chi connectivity index (χ1) is 8.27. The molecule has 0 aliphatic rings. The molecule has 0 bridgehead atoms. The highest BCUT2D eigenvalue weighted by molar-refractivity contribution is 6.18. The third kappa shape index (κ3) is 2.34. The van der Waals surface area contributed by atoms with E-state index in [-0.39, 0.29) is 0 Å². The lowest BCUT2D eigenvalue weighted by Gasteiger charge is -2.21. The molecule has 0 saturated carbocycles. The van der Waals surface area contributed by atoms with Crippen LogP contribution in [0.4, 0.5) is 5.82 Å². The molecule has 0 amide bonds. The molecule has 4 heteroatoms. The monoisotopic (exact) mass is 249 g/mol. The van der Waals surface area contributed by atoms with E-state index in [1.807, 2.05) is 19.1 Å². The maximum atomic E-state index is 5.82. The first-order valence-corrected chi connectivity index (χ1v) is 6.34. The Morgan fingerprint density at radius 1 is 1.18 bits per heavy atom. The van der Waals surface area contributed by atoms with Gasteiger partial charge in [-0.2, -0.15) is 5.10 Å². The highest BCUT2D eigenvalue weighted by Gasteiger charge is 2.11. The molecule has 0 unspecified atom stereocenters. The zero-order valence-electron chi connectivity index (χ0n) is 10.2. The summed E-state index contributed by atoms with van der Waals surface area (Å²) >= 11 is 5.82. The van der Waals surface area contributed by atoms with Crippen molar-refractivity contribution in [3.8, 4) is 0 Å². The lowest BCUT2D eigenvalue weighted by molar-refractivity contribution is 0.830. The van der Waals surface area contributed by atoms with Crippen molar-refractivity contribution in [1.82, 2.24) is 10.2 Å². The van der Waals surface area contributed by atoms with Crippen LogP contribution >= 0.6 is 11.6 Å². The molecule has 0 N–H and O–H groups in total. The number of aryl methyl sites for hydroxylation is 1. The fourth-order valence-electron chi connectivity index (χ4n) is 1.97. The average molecular weight is 250 g/mol. The van der Waals surface area contributed by atoms with E-state index < -0.39 is 0 Å². The largest absolute Gasteiger partial charge is 0.354 e. The standard InChI is InChI=1S/C13H16ClN3/c1-3-17(9-8-14)13-12-7-5-4-6-11(12)10(2)15-16-13/h4-7H,3,8-9H2,1-2H3. The summed E-state index contributed by atoms with van der Waals surface area (Å²) in [5, 5.41) is 10.8. The topological polar surface area (TPSA) is 29.0 Å². The molecule has 1 aromatic carbocycles. The van der Waals surface area contributed by atoms with Crippen LogP contribution in [0.25, 0.3) is 10.8 Å². The van der Waals surface area contributed by atoms with Crippen LogP contribution < -0.4 is 4.90 Å². The van der Waals surface area contributed by atoms with Gasteiger partial charge in [-0.15, -0.1) is 16.7 Å². The van der Waals surface area contributed by atoms with Crippen LogP contribution in [-0.4, -0.2) is 29.2 Å². The van der Waals surface area contributed by atoms with Crippen LogP contribution in [0.5, 0.6) is 0 Å². The molecule has 2 aromatic rings. The predicted molar refractivity (Wildman–Crippen MR) is 72.9 cm³/mol. The number of fused-ring (bicyclic) bond motifs is 1. The Balaban J connectivity index is 2.57. The molecule has 0 atom stereocenters. The summed E-state index contributed by atoms with van der Waals surface area (Å²) in [6, 6.07) is 8.22. The molecule has 17 heavy (non-hydrogen) atoms. The van der Waals surface area contributed by atoms with Crippen molar-refractivity contribution >= 4 is 28.2 Å². The van der Waals surface area contributed by atoms with Gasteiger partial charge < -0.3 is 4.90 Å². The summed E-state index contributed by atoms with van der Waals surface area (Å²) in [5.41, 5.74) is 0.964. The first-order valence-electron chi connectivity index (χ1n) is 5.80. The fourth-order valence-corrected chi connectivity index (χ4v) is 2.18. The number of anilines is 1. The third-order valence-corrected chi connectivity index (χ3v) is 3.06. The number of halogens is 1. The van der Waals surface area contributed by atoms with Gasteiger partial charge in [0.1, 0.15) is 0 Å². The lowest BCUT2D eigenvalue weighted by Crippen LogP contribution is -2.26. The summed E-state index contributed by atoms with van der Waals surface area (Å²) in [6.45, 7) is 5.76. The second-order valence-corrected chi connectivity index (χ2v) is 4.30. The van der Waals surface area contributed by atoms with Gasteiger partial charge in [-0.25, -0.2) is 0 Å². The molecule has 90 valence electrons. The second kappa shape index (κ2) is 5.32. The smallest absolute Gasteiger partial charge is 0.159 e. The highest BCUT2D eigenvalue weighted by atomic mass is 35.5. The van der Waals surface area contributed by atoms with Crippen LogP contribution in [0, 0.1) is 6.92 Å². The maximum Gasteiger partial charge on any atom is 0.159 e. The van der Waals surface area contributed by atoms with Crippen molar-refractivity contribution in [3.05, 3.63) is 30.0 Å². The molecule has 0 fully saturated rings. The minimum absolute atomic E-state index is 0.595. The average Bonchev–Trinajstić information content (AvgIpc) is 2.37. The quantitative estimate of drug-likeness (QED) is 0.780. The van der Waals surface area contributed by atoms with Crippen molar-refractivity contribution in [2.24, 2.45) is 0 Å². The number of aromatic nitrogens is 2. The summed E-state index contributed by atoms with van der Waals surface area (Å²) in [6.07, 6.45) is 0. The Kier molecular flexibility index (Phi) is 3.79. The molecule has 0 aliphatic carbocycles. The number of benzene rings is 1.